The van der Waals surface area contributed by atoms with Gasteiger partial charge in [0.05, 0.1) is 12.0 Å². The fourth-order valence-corrected chi connectivity index (χ4v) is 3.47. The largest absolute Gasteiger partial charge is 0.493 e. The molecular weight excluding hydrogens is 432 g/mol. The molecule has 0 radical (unpaired) electrons. The molecular formula is C17H12Cl2FN3O4S. The number of hydrogen-bond acceptors (Lipinski definition) is 6. The highest BCUT2D eigenvalue weighted by atomic mass is 35.5. The summed E-state index contributed by atoms with van der Waals surface area (Å²) >= 11 is 11.8. The second-order valence-electron chi connectivity index (χ2n) is 5.30. The fraction of sp³-hybridized carbons (Fsp3) is 0.0588. The minimum absolute atomic E-state index is 0.0360. The van der Waals surface area contributed by atoms with Crippen molar-refractivity contribution in [1.82, 2.24) is 9.97 Å². The molecule has 0 amide bonds. The molecule has 1 N–H and O–H groups in total. The van der Waals surface area contributed by atoms with Crippen LogP contribution in [0, 0.1) is 5.82 Å². The Morgan fingerprint density at radius 1 is 1.04 bits per heavy atom. The predicted molar refractivity (Wildman–Crippen MR) is 102 cm³/mol. The summed E-state index contributed by atoms with van der Waals surface area (Å²) in [4.78, 5) is 7.59. The number of nitrogens with one attached hydrogen (secondary N) is 1. The van der Waals surface area contributed by atoms with E-state index in [0.29, 0.717) is 5.02 Å². The molecule has 0 aliphatic rings. The SMILES string of the molecule is COc1ccc(F)cc1Oc1c(Cl)ncnc1NS(=O)(=O)c1ccc(Cl)cc1. The molecule has 0 atom stereocenters. The smallest absolute Gasteiger partial charge is 0.263 e. The minimum atomic E-state index is -4.03. The number of rotatable bonds is 6. The standard InChI is InChI=1S/C17H12Cl2FN3O4S/c1-26-13-7-4-11(20)8-14(13)27-15-16(19)21-9-22-17(15)23-28(24,25)12-5-2-10(18)3-6-12/h2-9H,1H3,(H,21,22,23). The van der Waals surface area contributed by atoms with Crippen molar-refractivity contribution in [1.29, 1.82) is 0 Å². The zero-order chi connectivity index (χ0) is 20.3. The summed E-state index contributed by atoms with van der Waals surface area (Å²) in [6.45, 7) is 0. The Kier molecular flexibility index (Phi) is 5.87. The van der Waals surface area contributed by atoms with E-state index >= 15 is 0 Å². The molecule has 0 saturated carbocycles. The number of anilines is 1. The van der Waals surface area contributed by atoms with E-state index in [1.54, 1.807) is 0 Å². The van der Waals surface area contributed by atoms with Gasteiger partial charge in [0, 0.05) is 11.1 Å². The Balaban J connectivity index is 1.99. The van der Waals surface area contributed by atoms with Gasteiger partial charge in [0.1, 0.15) is 12.1 Å². The van der Waals surface area contributed by atoms with Crippen molar-refractivity contribution in [3.63, 3.8) is 0 Å². The molecule has 0 aliphatic heterocycles. The third-order valence-corrected chi connectivity index (χ3v) is 5.33. The van der Waals surface area contributed by atoms with Gasteiger partial charge in [-0.25, -0.2) is 22.8 Å². The molecule has 3 aromatic rings. The topological polar surface area (TPSA) is 90.4 Å². The Morgan fingerprint density at radius 2 is 1.75 bits per heavy atom. The summed E-state index contributed by atoms with van der Waals surface area (Å²) in [5.41, 5.74) is 0. The average Bonchev–Trinajstić information content (AvgIpc) is 2.65. The molecule has 0 aliphatic carbocycles. The van der Waals surface area contributed by atoms with E-state index < -0.39 is 15.8 Å². The molecule has 11 heteroatoms. The Hall–Kier alpha value is -2.62. The van der Waals surface area contributed by atoms with Crippen LogP contribution >= 0.6 is 23.2 Å². The van der Waals surface area contributed by atoms with Crippen molar-refractivity contribution in [3.8, 4) is 17.2 Å². The third-order valence-electron chi connectivity index (χ3n) is 3.45. The molecule has 1 aromatic heterocycles. The van der Waals surface area contributed by atoms with Gasteiger partial charge in [0.25, 0.3) is 10.0 Å². The van der Waals surface area contributed by atoms with Crippen molar-refractivity contribution in [3.05, 3.63) is 64.8 Å². The lowest BCUT2D eigenvalue weighted by Gasteiger charge is -2.15. The monoisotopic (exact) mass is 443 g/mol. The maximum Gasteiger partial charge on any atom is 0.263 e. The first kappa shape index (κ1) is 20.1. The zero-order valence-corrected chi connectivity index (χ0v) is 16.5. The van der Waals surface area contributed by atoms with Crippen LogP contribution in [0.4, 0.5) is 10.2 Å². The maximum atomic E-state index is 13.6. The van der Waals surface area contributed by atoms with Crippen LogP contribution < -0.4 is 14.2 Å². The van der Waals surface area contributed by atoms with Gasteiger partial charge < -0.3 is 9.47 Å². The predicted octanol–water partition coefficient (Wildman–Crippen LogP) is 4.52. The third kappa shape index (κ3) is 4.44. The fourth-order valence-electron chi connectivity index (χ4n) is 2.16. The number of aromatic nitrogens is 2. The van der Waals surface area contributed by atoms with E-state index in [9.17, 15) is 12.8 Å². The number of halogens is 3. The van der Waals surface area contributed by atoms with E-state index in [0.717, 1.165) is 12.4 Å². The average molecular weight is 444 g/mol. The lowest BCUT2D eigenvalue weighted by Crippen LogP contribution is -2.15. The van der Waals surface area contributed by atoms with Crippen molar-refractivity contribution in [2.24, 2.45) is 0 Å². The van der Waals surface area contributed by atoms with Gasteiger partial charge in [-0.05, 0) is 36.4 Å². The van der Waals surface area contributed by atoms with E-state index in [1.165, 1.54) is 43.5 Å². The second kappa shape index (κ2) is 8.17. The molecule has 28 heavy (non-hydrogen) atoms. The van der Waals surface area contributed by atoms with Gasteiger partial charge in [0.2, 0.25) is 5.75 Å². The number of nitrogens with zero attached hydrogens (tertiary/aromatic N) is 2. The Labute approximate surface area is 170 Å². The van der Waals surface area contributed by atoms with Crippen molar-refractivity contribution in [2.45, 2.75) is 4.90 Å². The number of sulfonamides is 1. The van der Waals surface area contributed by atoms with Crippen molar-refractivity contribution >= 4 is 39.0 Å². The number of ether oxygens (including phenoxy) is 2. The van der Waals surface area contributed by atoms with E-state index in [2.05, 4.69) is 14.7 Å². The normalized spacial score (nSPS) is 11.1. The zero-order valence-electron chi connectivity index (χ0n) is 14.2. The lowest BCUT2D eigenvalue weighted by atomic mass is 10.3. The lowest BCUT2D eigenvalue weighted by molar-refractivity contribution is 0.376. The van der Waals surface area contributed by atoms with Crippen LogP contribution in [-0.4, -0.2) is 25.5 Å². The minimum Gasteiger partial charge on any atom is -0.493 e. The van der Waals surface area contributed by atoms with E-state index in [-0.39, 0.29) is 33.1 Å². The molecule has 0 unspecified atom stereocenters. The summed E-state index contributed by atoms with van der Waals surface area (Å²) in [6.07, 6.45) is 1.05. The summed E-state index contributed by atoms with van der Waals surface area (Å²) in [5.74, 6) is -0.877. The highest BCUT2D eigenvalue weighted by Crippen LogP contribution is 2.38. The Morgan fingerprint density at radius 3 is 2.43 bits per heavy atom. The van der Waals surface area contributed by atoms with Gasteiger partial charge >= 0.3 is 0 Å². The Bertz CT molecular complexity index is 1110. The molecule has 2 aromatic carbocycles. The quantitative estimate of drug-likeness (QED) is 0.563. The van der Waals surface area contributed by atoms with Crippen LogP contribution in [0.15, 0.2) is 53.7 Å². The van der Waals surface area contributed by atoms with Crippen LogP contribution in [-0.2, 0) is 10.0 Å². The van der Waals surface area contributed by atoms with Crippen LogP contribution in [0.1, 0.15) is 0 Å². The maximum absolute atomic E-state index is 13.6. The first-order valence-electron chi connectivity index (χ1n) is 7.60. The van der Waals surface area contributed by atoms with Gasteiger partial charge in [-0.15, -0.1) is 0 Å². The van der Waals surface area contributed by atoms with Gasteiger partial charge in [-0.3, -0.25) is 4.72 Å². The van der Waals surface area contributed by atoms with Crippen molar-refractivity contribution in [2.75, 3.05) is 11.8 Å². The van der Waals surface area contributed by atoms with E-state index in [4.69, 9.17) is 32.7 Å². The van der Waals surface area contributed by atoms with Crippen molar-refractivity contribution < 1.29 is 22.3 Å². The number of hydrogen-bond donors (Lipinski definition) is 1. The molecule has 7 nitrogen and oxygen atoms in total. The molecule has 0 bridgehead atoms. The molecule has 3 rings (SSSR count). The molecule has 0 fully saturated rings. The molecule has 0 saturated heterocycles. The first-order valence-corrected chi connectivity index (χ1v) is 9.84. The summed E-state index contributed by atoms with van der Waals surface area (Å²) in [5, 5.41) is 0.196. The van der Waals surface area contributed by atoms with Crippen LogP contribution in [0.25, 0.3) is 0 Å². The summed E-state index contributed by atoms with van der Waals surface area (Å²) in [6, 6.07) is 9.09. The highest BCUT2D eigenvalue weighted by Gasteiger charge is 2.21. The molecule has 1 heterocycles. The van der Waals surface area contributed by atoms with Gasteiger partial charge in [-0.1, -0.05) is 23.2 Å². The summed E-state index contributed by atoms with van der Waals surface area (Å²) < 4.78 is 51.8. The van der Waals surface area contributed by atoms with Gasteiger partial charge in [-0.2, -0.15) is 0 Å². The second-order valence-corrected chi connectivity index (χ2v) is 7.78. The molecule has 146 valence electrons. The van der Waals surface area contributed by atoms with Crippen LogP contribution in [0.2, 0.25) is 10.2 Å². The molecule has 0 spiro atoms. The highest BCUT2D eigenvalue weighted by molar-refractivity contribution is 7.92. The number of benzene rings is 2. The summed E-state index contributed by atoms with van der Waals surface area (Å²) in [7, 11) is -2.66. The van der Waals surface area contributed by atoms with Crippen LogP contribution in [0.5, 0.6) is 17.2 Å². The van der Waals surface area contributed by atoms with Gasteiger partial charge in [0.15, 0.2) is 22.5 Å². The number of methoxy groups -OCH3 is 1. The van der Waals surface area contributed by atoms with Crippen LogP contribution in [0.3, 0.4) is 0 Å². The van der Waals surface area contributed by atoms with E-state index in [1.807, 2.05) is 0 Å². The first-order chi connectivity index (χ1) is 13.3.